The van der Waals surface area contributed by atoms with Crippen molar-refractivity contribution >= 4 is 16.6 Å². The van der Waals surface area contributed by atoms with Crippen molar-refractivity contribution in [2.45, 2.75) is 0 Å². The van der Waals surface area contributed by atoms with Gasteiger partial charge in [-0.3, -0.25) is 0 Å². The third kappa shape index (κ3) is 1.67. The zero-order chi connectivity index (χ0) is 10.2. The Morgan fingerprint density at radius 1 is 1.08 bits per heavy atom. The third-order valence-corrected chi connectivity index (χ3v) is 1.57. The predicted octanol–water partition coefficient (Wildman–Crippen LogP) is 3.45. The van der Waals surface area contributed by atoms with Crippen LogP contribution in [-0.4, -0.2) is 0 Å². The largest absolute Gasteiger partial charge is 0.206 e. The minimum Gasteiger partial charge on any atom is -0.206 e. The highest BCUT2D eigenvalue weighted by Gasteiger charge is 2.19. The zero-order valence-corrected chi connectivity index (χ0v) is 6.93. The highest BCUT2D eigenvalue weighted by molar-refractivity contribution is 6.48. The van der Waals surface area contributed by atoms with Gasteiger partial charge in [-0.2, -0.15) is 0 Å². The van der Waals surface area contributed by atoms with E-state index in [0.717, 1.165) is 0 Å². The average Bonchev–Trinajstić information content (AvgIpc) is 1.99. The fourth-order valence-corrected chi connectivity index (χ4v) is 0.988. The molecule has 1 aromatic carbocycles. The Kier molecular flexibility index (Phi) is 2.61. The molecule has 1 rings (SSSR count). The summed E-state index contributed by atoms with van der Waals surface area (Å²) in [5.41, 5.74) is -0.847. The summed E-state index contributed by atoms with van der Waals surface area (Å²) in [4.78, 5) is 0. The summed E-state index contributed by atoms with van der Waals surface area (Å²) in [5, 5.41) is -0.520. The fourth-order valence-electron chi connectivity index (χ4n) is 0.815. The lowest BCUT2D eigenvalue weighted by Gasteiger charge is -2.03. The first-order valence-corrected chi connectivity index (χ1v) is 3.50. The van der Waals surface area contributed by atoms with Crippen molar-refractivity contribution < 1.29 is 17.6 Å². The molecule has 0 unspecified atom stereocenters. The molecule has 0 aliphatic carbocycles. The van der Waals surface area contributed by atoms with Gasteiger partial charge in [-0.15, -0.1) is 0 Å². The second kappa shape index (κ2) is 3.38. The van der Waals surface area contributed by atoms with Gasteiger partial charge in [0.15, 0.2) is 17.5 Å². The molecule has 0 bridgehead atoms. The zero-order valence-electron chi connectivity index (χ0n) is 6.17. The summed E-state index contributed by atoms with van der Waals surface area (Å²) < 4.78 is 50.4. The molecule has 0 aliphatic heterocycles. The molecule has 5 heteroatoms. The Morgan fingerprint density at radius 3 is 2.08 bits per heavy atom. The highest BCUT2D eigenvalue weighted by Crippen LogP contribution is 2.26. The number of halogens is 5. The number of hydrogen-bond donors (Lipinski definition) is 0. The predicted molar refractivity (Wildman–Crippen MR) is 41.2 cm³/mol. The highest BCUT2D eigenvalue weighted by atomic mass is 35.5. The van der Waals surface area contributed by atoms with Crippen LogP contribution < -0.4 is 0 Å². The van der Waals surface area contributed by atoms with Crippen LogP contribution in [0.4, 0.5) is 17.6 Å². The molecule has 70 valence electrons. The van der Waals surface area contributed by atoms with Gasteiger partial charge in [0.25, 0.3) is 0 Å². The van der Waals surface area contributed by atoms with E-state index in [1.807, 2.05) is 0 Å². The minimum absolute atomic E-state index is 0.210. The standard InChI is InChI=1S/C8H3ClF4/c1-3(9)6-4(10)2-5(11)7(12)8(6)13/h2H,1H2. The van der Waals surface area contributed by atoms with E-state index in [4.69, 9.17) is 11.6 Å². The Bertz CT molecular complexity index is 373. The Labute approximate surface area is 76.4 Å². The maximum atomic E-state index is 12.8. The van der Waals surface area contributed by atoms with Crippen molar-refractivity contribution in [1.29, 1.82) is 0 Å². The molecular weight excluding hydrogens is 208 g/mol. The van der Waals surface area contributed by atoms with Gasteiger partial charge < -0.3 is 0 Å². The molecule has 0 radical (unpaired) electrons. The molecule has 0 aliphatic rings. The van der Waals surface area contributed by atoms with Crippen LogP contribution >= 0.6 is 11.6 Å². The van der Waals surface area contributed by atoms with Gasteiger partial charge in [0.2, 0.25) is 0 Å². The van der Waals surface area contributed by atoms with E-state index >= 15 is 0 Å². The quantitative estimate of drug-likeness (QED) is 0.378. The molecule has 0 aromatic heterocycles. The first kappa shape index (κ1) is 10.1. The van der Waals surface area contributed by atoms with Crippen LogP contribution in [0.1, 0.15) is 5.56 Å². The summed E-state index contributed by atoms with van der Waals surface area (Å²) in [5.74, 6) is -6.32. The molecule has 0 atom stereocenters. The maximum absolute atomic E-state index is 12.8. The molecule has 0 fully saturated rings. The van der Waals surface area contributed by atoms with Crippen LogP contribution in [0.25, 0.3) is 5.03 Å². The normalized spacial score (nSPS) is 10.2. The van der Waals surface area contributed by atoms with Crippen molar-refractivity contribution in [1.82, 2.24) is 0 Å². The fraction of sp³-hybridized carbons (Fsp3) is 0. The molecule has 0 spiro atoms. The third-order valence-electron chi connectivity index (χ3n) is 1.39. The van der Waals surface area contributed by atoms with Crippen molar-refractivity contribution in [3.63, 3.8) is 0 Å². The average molecular weight is 211 g/mol. The van der Waals surface area contributed by atoms with E-state index in [1.165, 1.54) is 0 Å². The van der Waals surface area contributed by atoms with Crippen LogP contribution in [-0.2, 0) is 0 Å². The number of rotatable bonds is 1. The lowest BCUT2D eigenvalue weighted by molar-refractivity contribution is 0.432. The van der Waals surface area contributed by atoms with Crippen molar-refractivity contribution in [3.05, 3.63) is 41.5 Å². The van der Waals surface area contributed by atoms with E-state index in [-0.39, 0.29) is 6.07 Å². The summed E-state index contributed by atoms with van der Waals surface area (Å²) in [7, 11) is 0. The monoisotopic (exact) mass is 210 g/mol. The lowest BCUT2D eigenvalue weighted by atomic mass is 10.2. The molecule has 0 N–H and O–H groups in total. The van der Waals surface area contributed by atoms with E-state index in [9.17, 15) is 17.6 Å². The summed E-state index contributed by atoms with van der Waals surface area (Å²) in [6.07, 6.45) is 0. The lowest BCUT2D eigenvalue weighted by Crippen LogP contribution is -1.99. The van der Waals surface area contributed by atoms with E-state index in [1.54, 1.807) is 0 Å². The topological polar surface area (TPSA) is 0 Å². The van der Waals surface area contributed by atoms with Gasteiger partial charge in [0.05, 0.1) is 5.56 Å². The minimum atomic E-state index is -1.77. The summed E-state index contributed by atoms with van der Waals surface area (Å²) >= 11 is 5.17. The van der Waals surface area contributed by atoms with Crippen LogP contribution in [0.2, 0.25) is 0 Å². The van der Waals surface area contributed by atoms with Crippen LogP contribution in [0.5, 0.6) is 0 Å². The Hall–Kier alpha value is -1.03. The van der Waals surface area contributed by atoms with E-state index in [2.05, 4.69) is 6.58 Å². The van der Waals surface area contributed by atoms with Gasteiger partial charge in [-0.05, 0) is 0 Å². The van der Waals surface area contributed by atoms with E-state index in [0.29, 0.717) is 0 Å². The van der Waals surface area contributed by atoms with Gasteiger partial charge in [-0.1, -0.05) is 18.2 Å². The number of benzene rings is 1. The van der Waals surface area contributed by atoms with Gasteiger partial charge in [0, 0.05) is 11.1 Å². The molecule has 0 heterocycles. The van der Waals surface area contributed by atoms with Gasteiger partial charge in [0.1, 0.15) is 5.82 Å². The molecule has 0 saturated carbocycles. The Morgan fingerprint density at radius 2 is 1.62 bits per heavy atom. The second-order valence-electron chi connectivity index (χ2n) is 2.25. The Balaban J connectivity index is 3.53. The maximum Gasteiger partial charge on any atom is 0.195 e. The molecular formula is C8H3ClF4. The molecule has 0 amide bonds. The molecule has 0 nitrogen and oxygen atoms in total. The summed E-state index contributed by atoms with van der Waals surface area (Å²) in [6, 6.07) is 0.210. The SMILES string of the molecule is C=C(Cl)c1c(F)cc(F)c(F)c1F. The summed E-state index contributed by atoms with van der Waals surface area (Å²) in [6.45, 7) is 3.01. The first-order valence-electron chi connectivity index (χ1n) is 3.13. The van der Waals surface area contributed by atoms with Crippen molar-refractivity contribution in [3.8, 4) is 0 Å². The smallest absolute Gasteiger partial charge is 0.195 e. The molecule has 13 heavy (non-hydrogen) atoms. The van der Waals surface area contributed by atoms with Gasteiger partial charge in [-0.25, -0.2) is 17.6 Å². The van der Waals surface area contributed by atoms with Crippen LogP contribution in [0.15, 0.2) is 12.6 Å². The second-order valence-corrected chi connectivity index (χ2v) is 2.70. The molecule has 1 aromatic rings. The van der Waals surface area contributed by atoms with Crippen LogP contribution in [0, 0.1) is 23.3 Å². The van der Waals surface area contributed by atoms with Crippen molar-refractivity contribution in [2.75, 3.05) is 0 Å². The van der Waals surface area contributed by atoms with Crippen molar-refractivity contribution in [2.24, 2.45) is 0 Å². The van der Waals surface area contributed by atoms with Crippen LogP contribution in [0.3, 0.4) is 0 Å². The van der Waals surface area contributed by atoms with E-state index < -0.39 is 33.9 Å². The van der Waals surface area contributed by atoms with Gasteiger partial charge >= 0.3 is 0 Å². The molecule has 0 saturated heterocycles. The first-order chi connectivity index (χ1) is 5.95. The number of hydrogen-bond acceptors (Lipinski definition) is 0.